The van der Waals surface area contributed by atoms with Gasteiger partial charge in [0.2, 0.25) is 5.91 Å². The van der Waals surface area contributed by atoms with E-state index >= 15 is 0 Å². The molecule has 2 amide bonds. The van der Waals surface area contributed by atoms with Crippen LogP contribution in [0.1, 0.15) is 34.3 Å². The summed E-state index contributed by atoms with van der Waals surface area (Å²) in [5.74, 6) is -0.232. The smallest absolute Gasteiger partial charge is 0.251 e. The molecule has 1 aliphatic rings. The zero-order valence-electron chi connectivity index (χ0n) is 15.9. The van der Waals surface area contributed by atoms with Crippen LogP contribution < -0.4 is 10.6 Å². The zero-order chi connectivity index (χ0) is 20.1. The lowest BCUT2D eigenvalue weighted by Crippen LogP contribution is -2.25. The molecule has 0 spiro atoms. The summed E-state index contributed by atoms with van der Waals surface area (Å²) in [5.41, 5.74) is 3.38. The van der Waals surface area contributed by atoms with E-state index in [4.69, 9.17) is 0 Å². The van der Waals surface area contributed by atoms with Gasteiger partial charge in [0.25, 0.3) is 5.91 Å². The molecule has 1 aromatic heterocycles. The maximum Gasteiger partial charge on any atom is 0.251 e. The fourth-order valence-electron chi connectivity index (χ4n) is 2.84. The number of hydrogen-bond acceptors (Lipinski definition) is 3. The SMILES string of the molecule is O=C(/C=C/c1ccc(C(=O)NC2CC2)cc1)NCc1cnn(-c2ccccc2)c1. The molecule has 0 bridgehead atoms. The van der Waals surface area contributed by atoms with Crippen LogP contribution in [0.3, 0.4) is 0 Å². The van der Waals surface area contributed by atoms with E-state index in [0.717, 1.165) is 29.7 Å². The number of para-hydroxylation sites is 1. The van der Waals surface area contributed by atoms with Crippen LogP contribution in [0.25, 0.3) is 11.8 Å². The maximum absolute atomic E-state index is 12.1. The number of amides is 2. The quantitative estimate of drug-likeness (QED) is 0.613. The number of benzene rings is 2. The number of nitrogens with zero attached hydrogens (tertiary/aromatic N) is 2. The van der Waals surface area contributed by atoms with Crippen LogP contribution in [0.5, 0.6) is 0 Å². The number of carbonyl (C=O) groups is 2. The average Bonchev–Trinajstić information content (AvgIpc) is 3.44. The summed E-state index contributed by atoms with van der Waals surface area (Å²) in [6, 6.07) is 17.3. The van der Waals surface area contributed by atoms with Gasteiger partial charge in [-0.25, -0.2) is 4.68 Å². The van der Waals surface area contributed by atoms with Crippen molar-refractivity contribution >= 4 is 17.9 Å². The first-order valence-corrected chi connectivity index (χ1v) is 9.63. The molecule has 0 unspecified atom stereocenters. The molecule has 0 radical (unpaired) electrons. The van der Waals surface area contributed by atoms with Gasteiger partial charge >= 0.3 is 0 Å². The van der Waals surface area contributed by atoms with Gasteiger partial charge in [-0.05, 0) is 48.7 Å². The average molecular weight is 386 g/mol. The van der Waals surface area contributed by atoms with E-state index < -0.39 is 0 Å². The lowest BCUT2D eigenvalue weighted by molar-refractivity contribution is -0.116. The van der Waals surface area contributed by atoms with Crippen LogP contribution in [-0.4, -0.2) is 27.6 Å². The third kappa shape index (κ3) is 5.19. The number of nitrogens with one attached hydrogen (secondary N) is 2. The molecule has 0 atom stereocenters. The van der Waals surface area contributed by atoms with Crippen LogP contribution in [0.2, 0.25) is 0 Å². The molecule has 29 heavy (non-hydrogen) atoms. The molecule has 1 saturated carbocycles. The van der Waals surface area contributed by atoms with Gasteiger partial charge in [0.05, 0.1) is 11.9 Å². The molecular weight excluding hydrogens is 364 g/mol. The third-order valence-electron chi connectivity index (χ3n) is 4.64. The Hall–Kier alpha value is -3.67. The van der Waals surface area contributed by atoms with E-state index in [9.17, 15) is 9.59 Å². The molecule has 4 rings (SSSR count). The number of hydrogen-bond donors (Lipinski definition) is 2. The first-order valence-electron chi connectivity index (χ1n) is 9.63. The first-order chi connectivity index (χ1) is 14.2. The molecule has 1 aliphatic carbocycles. The van der Waals surface area contributed by atoms with E-state index in [0.29, 0.717) is 18.2 Å². The molecule has 6 nitrogen and oxygen atoms in total. The zero-order valence-corrected chi connectivity index (χ0v) is 15.9. The summed E-state index contributed by atoms with van der Waals surface area (Å²) >= 11 is 0. The maximum atomic E-state index is 12.1. The van der Waals surface area contributed by atoms with Crippen molar-refractivity contribution in [2.24, 2.45) is 0 Å². The fraction of sp³-hybridized carbons (Fsp3) is 0.174. The Morgan fingerprint density at radius 2 is 1.83 bits per heavy atom. The monoisotopic (exact) mass is 386 g/mol. The standard InChI is InChI=1S/C23H22N4O2/c28-22(24-14-18-15-25-27(16-18)21-4-2-1-3-5-21)13-8-17-6-9-19(10-7-17)23(29)26-20-11-12-20/h1-10,13,15-16,20H,11-12,14H2,(H,24,28)(H,26,29)/b13-8+. The van der Waals surface area contributed by atoms with Gasteiger partial charge in [-0.15, -0.1) is 0 Å². The van der Waals surface area contributed by atoms with Gasteiger partial charge in [0, 0.05) is 36.0 Å². The minimum absolute atomic E-state index is 0.0446. The predicted molar refractivity (Wildman–Crippen MR) is 111 cm³/mol. The lowest BCUT2D eigenvalue weighted by Gasteiger charge is -2.03. The Balaban J connectivity index is 1.27. The Morgan fingerprint density at radius 1 is 1.07 bits per heavy atom. The number of aromatic nitrogens is 2. The Kier molecular flexibility index (Phi) is 5.52. The van der Waals surface area contributed by atoms with Crippen LogP contribution in [0, 0.1) is 0 Å². The van der Waals surface area contributed by atoms with Crippen molar-refractivity contribution in [3.05, 3.63) is 89.8 Å². The van der Waals surface area contributed by atoms with Crippen molar-refractivity contribution in [3.8, 4) is 5.69 Å². The molecule has 3 aromatic rings. The minimum atomic E-state index is -0.187. The second-order valence-electron chi connectivity index (χ2n) is 7.05. The number of rotatable bonds is 7. The minimum Gasteiger partial charge on any atom is -0.349 e. The van der Waals surface area contributed by atoms with Gasteiger partial charge in [-0.3, -0.25) is 9.59 Å². The summed E-state index contributed by atoms with van der Waals surface area (Å²) in [4.78, 5) is 24.1. The van der Waals surface area contributed by atoms with Gasteiger partial charge in [-0.2, -0.15) is 5.10 Å². The van der Waals surface area contributed by atoms with Crippen molar-refractivity contribution in [3.63, 3.8) is 0 Å². The molecule has 6 heteroatoms. The van der Waals surface area contributed by atoms with E-state index in [-0.39, 0.29) is 11.8 Å². The van der Waals surface area contributed by atoms with Crippen LogP contribution in [0.4, 0.5) is 0 Å². The predicted octanol–water partition coefficient (Wildman–Crippen LogP) is 3.09. The Labute approximate surface area is 169 Å². The highest BCUT2D eigenvalue weighted by Crippen LogP contribution is 2.19. The second kappa shape index (κ2) is 8.56. The highest BCUT2D eigenvalue weighted by molar-refractivity contribution is 5.95. The highest BCUT2D eigenvalue weighted by atomic mass is 16.2. The van der Waals surface area contributed by atoms with E-state index in [1.165, 1.54) is 6.08 Å². The number of carbonyl (C=O) groups excluding carboxylic acids is 2. The summed E-state index contributed by atoms with van der Waals surface area (Å²) in [6.07, 6.45) is 8.97. The molecule has 0 saturated heterocycles. The fourth-order valence-corrected chi connectivity index (χ4v) is 2.84. The van der Waals surface area contributed by atoms with Crippen molar-refractivity contribution in [1.82, 2.24) is 20.4 Å². The lowest BCUT2D eigenvalue weighted by atomic mass is 10.1. The molecule has 146 valence electrons. The van der Waals surface area contributed by atoms with Crippen molar-refractivity contribution in [2.75, 3.05) is 0 Å². The van der Waals surface area contributed by atoms with Gasteiger partial charge in [0.1, 0.15) is 0 Å². The Morgan fingerprint density at radius 3 is 2.55 bits per heavy atom. The first kappa shape index (κ1) is 18.7. The molecule has 2 aromatic carbocycles. The third-order valence-corrected chi connectivity index (χ3v) is 4.64. The van der Waals surface area contributed by atoms with Crippen LogP contribution in [0.15, 0.2) is 73.1 Å². The van der Waals surface area contributed by atoms with Crippen LogP contribution in [-0.2, 0) is 11.3 Å². The van der Waals surface area contributed by atoms with Gasteiger partial charge in [-0.1, -0.05) is 30.3 Å². The van der Waals surface area contributed by atoms with Crippen molar-refractivity contribution < 1.29 is 9.59 Å². The molecular formula is C23H22N4O2. The van der Waals surface area contributed by atoms with E-state index in [2.05, 4.69) is 15.7 Å². The summed E-state index contributed by atoms with van der Waals surface area (Å²) in [6.45, 7) is 0.399. The summed E-state index contributed by atoms with van der Waals surface area (Å²) in [7, 11) is 0. The summed E-state index contributed by atoms with van der Waals surface area (Å²) < 4.78 is 1.78. The molecule has 0 aliphatic heterocycles. The highest BCUT2D eigenvalue weighted by Gasteiger charge is 2.23. The van der Waals surface area contributed by atoms with Crippen LogP contribution >= 0.6 is 0 Å². The molecule has 2 N–H and O–H groups in total. The largest absolute Gasteiger partial charge is 0.349 e. The van der Waals surface area contributed by atoms with Crippen molar-refractivity contribution in [1.29, 1.82) is 0 Å². The normalized spacial score (nSPS) is 13.4. The van der Waals surface area contributed by atoms with Crippen molar-refractivity contribution in [2.45, 2.75) is 25.4 Å². The topological polar surface area (TPSA) is 76.0 Å². The van der Waals surface area contributed by atoms with Gasteiger partial charge in [0.15, 0.2) is 0 Å². The second-order valence-corrected chi connectivity index (χ2v) is 7.05. The Bertz CT molecular complexity index is 1020. The summed E-state index contributed by atoms with van der Waals surface area (Å²) in [5, 5.41) is 10.1. The van der Waals surface area contributed by atoms with Gasteiger partial charge < -0.3 is 10.6 Å². The molecule has 1 fully saturated rings. The molecule has 1 heterocycles. The van der Waals surface area contributed by atoms with E-state index in [1.807, 2.05) is 48.7 Å². The van der Waals surface area contributed by atoms with E-state index in [1.54, 1.807) is 29.1 Å².